The van der Waals surface area contributed by atoms with E-state index in [4.69, 9.17) is 0 Å². The van der Waals surface area contributed by atoms with Crippen molar-refractivity contribution >= 4 is 11.5 Å². The quantitative estimate of drug-likeness (QED) is 0.607. The molecule has 1 fully saturated rings. The van der Waals surface area contributed by atoms with Gasteiger partial charge in [0.1, 0.15) is 6.20 Å². The van der Waals surface area contributed by atoms with Gasteiger partial charge in [0.15, 0.2) is 0 Å². The Bertz CT molecular complexity index is 431. The Morgan fingerprint density at radius 1 is 1.53 bits per heavy atom. The number of nitro groups is 1. The van der Waals surface area contributed by atoms with Gasteiger partial charge in [-0.05, 0) is 19.8 Å². The van der Waals surface area contributed by atoms with Gasteiger partial charge in [-0.15, -0.1) is 5.10 Å². The molecule has 0 radical (unpaired) electrons. The fraction of sp³-hybridized carbons (Fsp3) is 0.700. The molecule has 0 spiro atoms. The minimum absolute atomic E-state index is 0.0223. The van der Waals surface area contributed by atoms with Gasteiger partial charge in [0.05, 0.1) is 10.5 Å². The summed E-state index contributed by atoms with van der Waals surface area (Å²) in [6.07, 6.45) is 2.60. The second-order valence-corrected chi connectivity index (χ2v) is 4.75. The predicted octanol–water partition coefficient (Wildman–Crippen LogP) is 0.679. The maximum atomic E-state index is 10.9. The molecule has 0 atom stereocenters. The Morgan fingerprint density at radius 3 is 2.65 bits per heavy atom. The number of anilines is 1. The van der Waals surface area contributed by atoms with E-state index >= 15 is 0 Å². The highest BCUT2D eigenvalue weighted by Gasteiger charge is 2.32. The summed E-state index contributed by atoms with van der Waals surface area (Å²) in [6.45, 7) is 2.97. The molecule has 1 N–H and O–H groups in total. The number of hydrogen-bond donors (Lipinski definition) is 1. The smallest absolute Gasteiger partial charge is 0.330 e. The fourth-order valence-electron chi connectivity index (χ4n) is 2.02. The predicted molar refractivity (Wildman–Crippen MR) is 61.9 cm³/mol. The van der Waals surface area contributed by atoms with Crippen LogP contribution in [0.2, 0.25) is 0 Å². The summed E-state index contributed by atoms with van der Waals surface area (Å²) in [5.74, 6) is 0.396. The molecule has 1 aliphatic heterocycles. The van der Waals surface area contributed by atoms with E-state index in [0.717, 1.165) is 0 Å². The minimum atomic E-state index is -0.667. The second kappa shape index (κ2) is 3.99. The van der Waals surface area contributed by atoms with E-state index in [2.05, 4.69) is 5.10 Å². The van der Waals surface area contributed by atoms with Crippen LogP contribution in [0.25, 0.3) is 0 Å². The third kappa shape index (κ3) is 2.38. The highest BCUT2D eigenvalue weighted by molar-refractivity contribution is 5.57. The van der Waals surface area contributed by atoms with Crippen molar-refractivity contribution in [1.82, 2.24) is 9.78 Å². The molecule has 0 aromatic carbocycles. The Hall–Kier alpha value is -1.63. The second-order valence-electron chi connectivity index (χ2n) is 4.75. The van der Waals surface area contributed by atoms with Crippen LogP contribution in [0.15, 0.2) is 6.20 Å². The molecular weight excluding hydrogens is 224 g/mol. The Balaban J connectivity index is 2.21. The van der Waals surface area contributed by atoms with Crippen LogP contribution < -0.4 is 4.90 Å². The van der Waals surface area contributed by atoms with E-state index in [-0.39, 0.29) is 5.69 Å². The van der Waals surface area contributed by atoms with Gasteiger partial charge in [-0.3, -0.25) is 14.8 Å². The van der Waals surface area contributed by atoms with E-state index in [1.165, 1.54) is 10.9 Å². The van der Waals surface area contributed by atoms with Crippen molar-refractivity contribution in [2.75, 3.05) is 18.0 Å². The Labute approximate surface area is 98.8 Å². The summed E-state index contributed by atoms with van der Waals surface area (Å²) in [4.78, 5) is 12.3. The van der Waals surface area contributed by atoms with Gasteiger partial charge in [0.25, 0.3) is 0 Å². The summed E-state index contributed by atoms with van der Waals surface area (Å²) < 4.78 is 1.44. The van der Waals surface area contributed by atoms with Gasteiger partial charge < -0.3 is 10.0 Å². The zero-order chi connectivity index (χ0) is 12.6. The first-order chi connectivity index (χ1) is 7.89. The van der Waals surface area contributed by atoms with E-state index in [9.17, 15) is 15.2 Å². The molecule has 1 aromatic heterocycles. The van der Waals surface area contributed by atoms with Crippen molar-refractivity contribution in [3.05, 3.63) is 16.3 Å². The Morgan fingerprint density at radius 2 is 2.12 bits per heavy atom. The third-order valence-corrected chi connectivity index (χ3v) is 3.13. The highest BCUT2D eigenvalue weighted by atomic mass is 16.6. The van der Waals surface area contributed by atoms with E-state index in [1.807, 2.05) is 4.90 Å². The first kappa shape index (κ1) is 11.8. The number of rotatable bonds is 2. The normalized spacial score (nSPS) is 19.4. The zero-order valence-electron chi connectivity index (χ0n) is 9.96. The topological polar surface area (TPSA) is 84.4 Å². The van der Waals surface area contributed by atoms with Crippen LogP contribution in [0, 0.1) is 10.1 Å². The van der Waals surface area contributed by atoms with E-state index < -0.39 is 10.5 Å². The van der Waals surface area contributed by atoms with Crippen LogP contribution in [0.1, 0.15) is 19.8 Å². The number of aromatic nitrogens is 2. The molecule has 0 aliphatic carbocycles. The molecule has 0 saturated carbocycles. The van der Waals surface area contributed by atoms with Crippen molar-refractivity contribution in [3.63, 3.8) is 0 Å². The lowest BCUT2D eigenvalue weighted by Gasteiger charge is -2.35. The fourth-order valence-corrected chi connectivity index (χ4v) is 2.02. The lowest BCUT2D eigenvalue weighted by atomic mass is 9.94. The van der Waals surface area contributed by atoms with Gasteiger partial charge in [-0.2, -0.15) is 0 Å². The zero-order valence-corrected chi connectivity index (χ0v) is 9.96. The highest BCUT2D eigenvalue weighted by Crippen LogP contribution is 2.30. The largest absolute Gasteiger partial charge is 0.390 e. The van der Waals surface area contributed by atoms with E-state index in [0.29, 0.717) is 31.7 Å². The van der Waals surface area contributed by atoms with Gasteiger partial charge in [-0.1, -0.05) is 0 Å². The van der Waals surface area contributed by atoms with Gasteiger partial charge in [-0.25, -0.2) is 0 Å². The van der Waals surface area contributed by atoms with Crippen LogP contribution in [0.4, 0.5) is 11.5 Å². The van der Waals surface area contributed by atoms with Crippen molar-refractivity contribution in [2.45, 2.75) is 25.4 Å². The molecule has 7 nitrogen and oxygen atoms in total. The summed E-state index contributed by atoms with van der Waals surface area (Å²) in [5, 5.41) is 24.8. The number of aryl methyl sites for hydroxylation is 1. The molecule has 0 bridgehead atoms. The lowest BCUT2D eigenvalue weighted by Crippen LogP contribution is -2.42. The van der Waals surface area contributed by atoms with Crippen LogP contribution in [0.5, 0.6) is 0 Å². The lowest BCUT2D eigenvalue weighted by molar-refractivity contribution is -0.384. The maximum Gasteiger partial charge on any atom is 0.330 e. The first-order valence-corrected chi connectivity index (χ1v) is 5.54. The summed E-state index contributed by atoms with van der Waals surface area (Å²) in [6, 6.07) is 0. The van der Waals surface area contributed by atoms with Crippen molar-refractivity contribution in [3.8, 4) is 0 Å². The molecule has 94 valence electrons. The molecule has 1 aromatic rings. The van der Waals surface area contributed by atoms with E-state index in [1.54, 1.807) is 14.0 Å². The average molecular weight is 240 g/mol. The average Bonchev–Trinajstić information content (AvgIpc) is 2.60. The number of piperidine rings is 1. The molecule has 1 saturated heterocycles. The van der Waals surface area contributed by atoms with Crippen molar-refractivity contribution < 1.29 is 10.0 Å². The van der Waals surface area contributed by atoms with Gasteiger partial charge >= 0.3 is 5.69 Å². The van der Waals surface area contributed by atoms with Crippen LogP contribution >= 0.6 is 0 Å². The monoisotopic (exact) mass is 240 g/mol. The number of hydrogen-bond acceptors (Lipinski definition) is 5. The molecule has 0 amide bonds. The standard InChI is InChI=1S/C10H16N4O3/c1-10(15)3-5-13(6-4-10)9-8(14(16)17)7-12(2)11-9/h7,15H,3-6H2,1-2H3. The SMILES string of the molecule is Cn1cc([N+](=O)[O-])c(N2CCC(C)(O)CC2)n1. The van der Waals surface area contributed by atoms with Crippen LogP contribution in [0.3, 0.4) is 0 Å². The van der Waals surface area contributed by atoms with Crippen molar-refractivity contribution in [1.29, 1.82) is 0 Å². The molecule has 1 aliphatic rings. The maximum absolute atomic E-state index is 10.9. The summed E-state index contributed by atoms with van der Waals surface area (Å²) >= 11 is 0. The number of nitrogens with zero attached hydrogens (tertiary/aromatic N) is 4. The molecule has 7 heteroatoms. The van der Waals surface area contributed by atoms with Crippen LogP contribution in [-0.4, -0.2) is 38.5 Å². The molecular formula is C10H16N4O3. The summed E-state index contributed by atoms with van der Waals surface area (Å²) in [7, 11) is 1.66. The minimum Gasteiger partial charge on any atom is -0.390 e. The molecule has 0 unspecified atom stereocenters. The van der Waals surface area contributed by atoms with Crippen LogP contribution in [-0.2, 0) is 7.05 Å². The molecule has 2 rings (SSSR count). The number of aliphatic hydroxyl groups is 1. The Kier molecular flexibility index (Phi) is 2.78. The molecule has 17 heavy (non-hydrogen) atoms. The van der Waals surface area contributed by atoms with Gasteiger partial charge in [0, 0.05) is 20.1 Å². The van der Waals surface area contributed by atoms with Crippen molar-refractivity contribution in [2.24, 2.45) is 7.05 Å². The summed E-state index contributed by atoms with van der Waals surface area (Å²) in [5.41, 5.74) is -0.644. The third-order valence-electron chi connectivity index (χ3n) is 3.13. The molecule has 2 heterocycles. The van der Waals surface area contributed by atoms with Gasteiger partial charge in [0.2, 0.25) is 5.82 Å². The first-order valence-electron chi connectivity index (χ1n) is 5.54.